The van der Waals surface area contributed by atoms with Crippen molar-refractivity contribution in [3.8, 4) is 0 Å². The molecule has 94 valence electrons. The maximum Gasteiger partial charge on any atom is 0.440 e. The molecule has 0 fully saturated rings. The molecule has 0 aromatic carbocycles. The summed E-state index contributed by atoms with van der Waals surface area (Å²) in [6.45, 7) is 1.03. The Morgan fingerprint density at radius 1 is 1.41 bits per heavy atom. The molecule has 0 aliphatic carbocycles. The van der Waals surface area contributed by atoms with Crippen LogP contribution in [0.5, 0.6) is 0 Å². The third kappa shape index (κ3) is 2.48. The standard InChI is InChI=1S/C8H5F5N2O2/c1-3-2-14-6(8(11,12)13)5(15(16)17)4(3)7(9)10/h2,7H,1H3. The van der Waals surface area contributed by atoms with Gasteiger partial charge in [-0.15, -0.1) is 0 Å². The summed E-state index contributed by atoms with van der Waals surface area (Å²) in [7, 11) is 0. The molecule has 1 heterocycles. The van der Waals surface area contributed by atoms with Gasteiger partial charge in [0.1, 0.15) is 5.56 Å². The first kappa shape index (κ1) is 13.3. The SMILES string of the molecule is Cc1cnc(C(F)(F)F)c([N+](=O)[O-])c1C(F)F. The molecule has 0 amide bonds. The Morgan fingerprint density at radius 2 is 1.94 bits per heavy atom. The van der Waals surface area contributed by atoms with E-state index in [1.807, 2.05) is 0 Å². The molecule has 17 heavy (non-hydrogen) atoms. The van der Waals surface area contributed by atoms with Crippen molar-refractivity contribution in [1.82, 2.24) is 4.98 Å². The molecule has 0 saturated carbocycles. The van der Waals surface area contributed by atoms with Gasteiger partial charge in [-0.2, -0.15) is 13.2 Å². The molecule has 0 unspecified atom stereocenters. The molecule has 0 radical (unpaired) electrons. The van der Waals surface area contributed by atoms with Crippen LogP contribution >= 0.6 is 0 Å². The Morgan fingerprint density at radius 3 is 2.29 bits per heavy atom. The van der Waals surface area contributed by atoms with E-state index in [1.54, 1.807) is 0 Å². The van der Waals surface area contributed by atoms with Crippen molar-refractivity contribution in [2.24, 2.45) is 0 Å². The largest absolute Gasteiger partial charge is 0.440 e. The number of halogens is 5. The molecule has 0 saturated heterocycles. The molecule has 0 atom stereocenters. The third-order valence-electron chi connectivity index (χ3n) is 1.96. The van der Waals surface area contributed by atoms with Crippen molar-refractivity contribution in [3.63, 3.8) is 0 Å². The van der Waals surface area contributed by atoms with Gasteiger partial charge >= 0.3 is 11.9 Å². The third-order valence-corrected chi connectivity index (χ3v) is 1.96. The van der Waals surface area contributed by atoms with Crippen LogP contribution in [0.3, 0.4) is 0 Å². The van der Waals surface area contributed by atoms with E-state index in [9.17, 15) is 32.1 Å². The molecule has 0 aliphatic rings. The van der Waals surface area contributed by atoms with Gasteiger partial charge in [-0.1, -0.05) is 0 Å². The number of hydrogen-bond donors (Lipinski definition) is 0. The second-order valence-electron chi connectivity index (χ2n) is 3.11. The van der Waals surface area contributed by atoms with Crippen molar-refractivity contribution in [1.29, 1.82) is 0 Å². The molecular weight excluding hydrogens is 251 g/mol. The molecule has 1 aromatic heterocycles. The molecule has 0 aliphatic heterocycles. The van der Waals surface area contributed by atoms with E-state index in [1.165, 1.54) is 0 Å². The quantitative estimate of drug-likeness (QED) is 0.463. The summed E-state index contributed by atoms with van der Waals surface area (Å²) in [6, 6.07) is 0. The van der Waals surface area contributed by atoms with Crippen LogP contribution in [0.1, 0.15) is 23.2 Å². The lowest BCUT2D eigenvalue weighted by molar-refractivity contribution is -0.390. The second kappa shape index (κ2) is 4.22. The maximum atomic E-state index is 12.5. The minimum absolute atomic E-state index is 0.361. The lowest BCUT2D eigenvalue weighted by Gasteiger charge is -2.11. The highest BCUT2D eigenvalue weighted by molar-refractivity contribution is 5.49. The summed E-state index contributed by atoms with van der Waals surface area (Å²) in [4.78, 5) is 11.8. The number of pyridine rings is 1. The van der Waals surface area contributed by atoms with Crippen LogP contribution in [0.2, 0.25) is 0 Å². The predicted molar refractivity (Wildman–Crippen MR) is 45.6 cm³/mol. The summed E-state index contributed by atoms with van der Waals surface area (Å²) < 4.78 is 62.2. The van der Waals surface area contributed by atoms with Gasteiger partial charge in [-0.3, -0.25) is 10.1 Å². The average Bonchev–Trinajstić information content (AvgIpc) is 2.14. The molecule has 4 nitrogen and oxygen atoms in total. The summed E-state index contributed by atoms with van der Waals surface area (Å²) in [5, 5.41) is 10.5. The minimum atomic E-state index is -5.15. The molecule has 0 spiro atoms. The fourth-order valence-electron chi connectivity index (χ4n) is 1.27. The normalized spacial score (nSPS) is 11.9. The first-order valence-electron chi connectivity index (χ1n) is 4.15. The van der Waals surface area contributed by atoms with Crippen LogP contribution in [-0.4, -0.2) is 9.91 Å². The van der Waals surface area contributed by atoms with Crippen LogP contribution < -0.4 is 0 Å². The average molecular weight is 256 g/mol. The van der Waals surface area contributed by atoms with E-state index in [0.717, 1.165) is 6.92 Å². The van der Waals surface area contributed by atoms with Crippen molar-refractivity contribution in [3.05, 3.63) is 33.1 Å². The Kier molecular flexibility index (Phi) is 3.30. The summed E-state index contributed by atoms with van der Waals surface area (Å²) in [5.41, 5.74) is -5.21. The van der Waals surface area contributed by atoms with Gasteiger partial charge in [0.15, 0.2) is 0 Å². The zero-order valence-corrected chi connectivity index (χ0v) is 8.26. The van der Waals surface area contributed by atoms with Gasteiger partial charge in [-0.05, 0) is 12.5 Å². The van der Waals surface area contributed by atoms with Crippen molar-refractivity contribution < 1.29 is 26.9 Å². The lowest BCUT2D eigenvalue weighted by atomic mass is 10.1. The number of alkyl halides is 5. The van der Waals surface area contributed by atoms with E-state index in [2.05, 4.69) is 4.98 Å². The second-order valence-corrected chi connectivity index (χ2v) is 3.11. The first-order chi connectivity index (χ1) is 7.66. The fourth-order valence-corrected chi connectivity index (χ4v) is 1.27. The lowest BCUT2D eigenvalue weighted by Crippen LogP contribution is -2.14. The molecule has 0 bridgehead atoms. The van der Waals surface area contributed by atoms with E-state index >= 15 is 0 Å². The van der Waals surface area contributed by atoms with Gasteiger partial charge < -0.3 is 0 Å². The summed E-state index contributed by atoms with van der Waals surface area (Å²) in [5.74, 6) is 0. The van der Waals surface area contributed by atoms with Crippen molar-refractivity contribution in [2.45, 2.75) is 19.5 Å². The topological polar surface area (TPSA) is 56.0 Å². The van der Waals surface area contributed by atoms with Gasteiger partial charge in [0, 0.05) is 6.20 Å². The zero-order chi connectivity index (χ0) is 13.4. The Labute approximate surface area is 91.2 Å². The molecule has 1 rings (SSSR count). The first-order valence-corrected chi connectivity index (χ1v) is 4.15. The number of aryl methyl sites for hydroxylation is 1. The monoisotopic (exact) mass is 256 g/mol. The zero-order valence-electron chi connectivity index (χ0n) is 8.26. The summed E-state index contributed by atoms with van der Waals surface area (Å²) in [6.07, 6.45) is -7.99. The van der Waals surface area contributed by atoms with Gasteiger partial charge in [-0.25, -0.2) is 13.8 Å². The fraction of sp³-hybridized carbons (Fsp3) is 0.375. The Bertz CT molecular complexity index is 458. The maximum absolute atomic E-state index is 12.5. The van der Waals surface area contributed by atoms with E-state index in [4.69, 9.17) is 0 Å². The van der Waals surface area contributed by atoms with Gasteiger partial charge in [0.2, 0.25) is 5.69 Å². The minimum Gasteiger partial charge on any atom is -0.258 e. The van der Waals surface area contributed by atoms with E-state index in [-0.39, 0.29) is 5.56 Å². The van der Waals surface area contributed by atoms with Crippen LogP contribution in [0, 0.1) is 17.0 Å². The van der Waals surface area contributed by atoms with Gasteiger partial charge in [0.05, 0.1) is 4.92 Å². The Hall–Kier alpha value is -1.80. The van der Waals surface area contributed by atoms with Crippen LogP contribution in [0.15, 0.2) is 6.20 Å². The predicted octanol–water partition coefficient (Wildman–Crippen LogP) is 3.25. The van der Waals surface area contributed by atoms with E-state index in [0.29, 0.717) is 6.20 Å². The van der Waals surface area contributed by atoms with E-state index < -0.39 is 34.5 Å². The molecule has 1 aromatic rings. The smallest absolute Gasteiger partial charge is 0.258 e. The number of nitro groups is 1. The number of aromatic nitrogens is 1. The summed E-state index contributed by atoms with van der Waals surface area (Å²) >= 11 is 0. The van der Waals surface area contributed by atoms with Crippen LogP contribution in [0.25, 0.3) is 0 Å². The van der Waals surface area contributed by atoms with Crippen molar-refractivity contribution in [2.75, 3.05) is 0 Å². The van der Waals surface area contributed by atoms with Crippen LogP contribution in [-0.2, 0) is 6.18 Å². The number of nitrogens with zero attached hydrogens (tertiary/aromatic N) is 2. The highest BCUT2D eigenvalue weighted by Crippen LogP contribution is 2.40. The molecule has 9 heteroatoms. The number of hydrogen-bond acceptors (Lipinski definition) is 3. The number of rotatable bonds is 2. The highest BCUT2D eigenvalue weighted by Gasteiger charge is 2.43. The highest BCUT2D eigenvalue weighted by atomic mass is 19.4. The molecular formula is C8H5F5N2O2. The molecule has 0 N–H and O–H groups in total. The Balaban J connectivity index is 3.66. The van der Waals surface area contributed by atoms with Crippen LogP contribution in [0.4, 0.5) is 27.6 Å². The van der Waals surface area contributed by atoms with Crippen molar-refractivity contribution >= 4 is 5.69 Å². The van der Waals surface area contributed by atoms with Gasteiger partial charge in [0.25, 0.3) is 6.43 Å².